The van der Waals surface area contributed by atoms with Crippen molar-refractivity contribution in [3.8, 4) is 5.75 Å². The van der Waals surface area contributed by atoms with Crippen LogP contribution in [0.2, 0.25) is 0 Å². The highest BCUT2D eigenvalue weighted by Crippen LogP contribution is 2.28. The molecule has 0 atom stereocenters. The lowest BCUT2D eigenvalue weighted by Crippen LogP contribution is -2.02. The fourth-order valence-electron chi connectivity index (χ4n) is 0.986. The summed E-state index contributed by atoms with van der Waals surface area (Å²) in [4.78, 5) is 0. The highest BCUT2D eigenvalue weighted by molar-refractivity contribution is 9.10. The maximum atomic E-state index is 13.0. The number of hydrogen-bond donors (Lipinski definition) is 1. The first-order chi connectivity index (χ1) is 5.70. The van der Waals surface area contributed by atoms with E-state index < -0.39 is 0 Å². The number of hydrogen-bond acceptors (Lipinski definition) is 2. The molecule has 1 aromatic carbocycles. The molecule has 12 heavy (non-hydrogen) atoms. The zero-order chi connectivity index (χ0) is 9.14. The maximum absolute atomic E-state index is 13.0. The van der Waals surface area contributed by atoms with Crippen LogP contribution in [0, 0.1) is 5.82 Å². The maximum Gasteiger partial charge on any atom is 0.165 e. The molecule has 2 nitrogen and oxygen atoms in total. The smallest absolute Gasteiger partial charge is 0.165 e. The number of benzene rings is 1. The average Bonchev–Trinajstić information content (AvgIpc) is 2.08. The molecule has 1 aromatic rings. The molecule has 0 spiro atoms. The third kappa shape index (κ3) is 1.59. The van der Waals surface area contributed by atoms with Crippen LogP contribution in [-0.2, 0) is 6.54 Å². The lowest BCUT2D eigenvalue weighted by Gasteiger charge is -2.08. The summed E-state index contributed by atoms with van der Waals surface area (Å²) in [6.45, 7) is 0.252. The molecule has 0 fully saturated rings. The molecule has 0 aliphatic heterocycles. The summed E-state index contributed by atoms with van der Waals surface area (Å²) < 4.78 is 18.6. The molecule has 2 N–H and O–H groups in total. The molecule has 4 heteroatoms. The van der Waals surface area contributed by atoms with Crippen molar-refractivity contribution in [2.24, 2.45) is 5.73 Å². The number of methoxy groups -OCH3 is 1. The Morgan fingerprint density at radius 3 is 2.67 bits per heavy atom. The molecular formula is C8H9BrFNO. The molecule has 0 amide bonds. The second-order valence-corrected chi connectivity index (χ2v) is 3.10. The average molecular weight is 234 g/mol. The molecule has 1 rings (SSSR count). The minimum atomic E-state index is -0.388. The van der Waals surface area contributed by atoms with E-state index in [9.17, 15) is 4.39 Å². The summed E-state index contributed by atoms with van der Waals surface area (Å²) in [5.41, 5.74) is 6.07. The summed E-state index contributed by atoms with van der Waals surface area (Å²) in [7, 11) is 1.42. The number of ether oxygens (including phenoxy) is 1. The molecule has 0 bridgehead atoms. The van der Waals surface area contributed by atoms with E-state index >= 15 is 0 Å². The van der Waals surface area contributed by atoms with Gasteiger partial charge >= 0.3 is 0 Å². The van der Waals surface area contributed by atoms with Gasteiger partial charge in [0, 0.05) is 16.6 Å². The molecule has 66 valence electrons. The zero-order valence-corrected chi connectivity index (χ0v) is 8.19. The fourth-order valence-corrected chi connectivity index (χ4v) is 1.46. The van der Waals surface area contributed by atoms with Crippen molar-refractivity contribution in [2.75, 3.05) is 7.11 Å². The number of rotatable bonds is 2. The van der Waals surface area contributed by atoms with Gasteiger partial charge in [-0.05, 0) is 12.1 Å². The van der Waals surface area contributed by atoms with Crippen LogP contribution in [-0.4, -0.2) is 7.11 Å². The Balaban J connectivity index is 3.28. The van der Waals surface area contributed by atoms with Crippen LogP contribution in [0.15, 0.2) is 16.6 Å². The summed E-state index contributed by atoms with van der Waals surface area (Å²) in [5, 5.41) is 0. The highest BCUT2D eigenvalue weighted by atomic mass is 79.9. The van der Waals surface area contributed by atoms with Gasteiger partial charge in [-0.3, -0.25) is 0 Å². The van der Waals surface area contributed by atoms with Crippen LogP contribution in [0.3, 0.4) is 0 Å². The molecule has 0 radical (unpaired) electrons. The van der Waals surface area contributed by atoms with Crippen LogP contribution in [0.4, 0.5) is 4.39 Å². The first-order valence-corrected chi connectivity index (χ1v) is 4.21. The SMILES string of the molecule is COc1c(F)ccc(Br)c1CN. The largest absolute Gasteiger partial charge is 0.493 e. The van der Waals surface area contributed by atoms with E-state index in [1.54, 1.807) is 6.07 Å². The van der Waals surface area contributed by atoms with Gasteiger partial charge in [0.05, 0.1) is 7.11 Å². The zero-order valence-electron chi connectivity index (χ0n) is 6.60. The lowest BCUT2D eigenvalue weighted by molar-refractivity contribution is 0.381. The van der Waals surface area contributed by atoms with Crippen molar-refractivity contribution in [3.05, 3.63) is 28.0 Å². The number of nitrogens with two attached hydrogens (primary N) is 1. The Morgan fingerprint density at radius 1 is 1.58 bits per heavy atom. The molecule has 0 heterocycles. The van der Waals surface area contributed by atoms with Gasteiger partial charge in [0.15, 0.2) is 11.6 Å². The minimum Gasteiger partial charge on any atom is -0.493 e. The van der Waals surface area contributed by atoms with E-state index in [2.05, 4.69) is 15.9 Å². The van der Waals surface area contributed by atoms with E-state index in [1.807, 2.05) is 0 Å². The Kier molecular flexibility index (Phi) is 3.05. The second-order valence-electron chi connectivity index (χ2n) is 2.25. The quantitative estimate of drug-likeness (QED) is 0.849. The molecule has 0 unspecified atom stereocenters. The Morgan fingerprint density at radius 2 is 2.25 bits per heavy atom. The van der Waals surface area contributed by atoms with Crippen LogP contribution < -0.4 is 10.5 Å². The second kappa shape index (κ2) is 3.87. The normalized spacial score (nSPS) is 10.0. The van der Waals surface area contributed by atoms with E-state index in [1.165, 1.54) is 13.2 Å². The van der Waals surface area contributed by atoms with E-state index in [0.29, 0.717) is 5.56 Å². The summed E-state index contributed by atoms with van der Waals surface area (Å²) >= 11 is 3.26. The van der Waals surface area contributed by atoms with Gasteiger partial charge in [-0.25, -0.2) is 4.39 Å². The first kappa shape index (κ1) is 9.48. The van der Waals surface area contributed by atoms with Gasteiger partial charge in [0.2, 0.25) is 0 Å². The van der Waals surface area contributed by atoms with E-state index in [0.717, 1.165) is 4.47 Å². The lowest BCUT2D eigenvalue weighted by atomic mass is 10.2. The predicted octanol–water partition coefficient (Wildman–Crippen LogP) is 2.06. The van der Waals surface area contributed by atoms with Crippen LogP contribution in [0.25, 0.3) is 0 Å². The van der Waals surface area contributed by atoms with Crippen LogP contribution in [0.5, 0.6) is 5.75 Å². The standard InChI is InChI=1S/C8H9BrFNO/c1-12-8-5(4-11)6(9)2-3-7(8)10/h2-3H,4,11H2,1H3. The van der Waals surface area contributed by atoms with Gasteiger partial charge in [-0.1, -0.05) is 15.9 Å². The first-order valence-electron chi connectivity index (χ1n) is 3.41. The molecule has 0 saturated heterocycles. The highest BCUT2D eigenvalue weighted by Gasteiger charge is 2.10. The Bertz CT molecular complexity index is 262. The van der Waals surface area contributed by atoms with Crippen LogP contribution >= 0.6 is 15.9 Å². The van der Waals surface area contributed by atoms with E-state index in [-0.39, 0.29) is 18.1 Å². The van der Waals surface area contributed by atoms with Gasteiger partial charge < -0.3 is 10.5 Å². The number of halogens is 2. The van der Waals surface area contributed by atoms with Gasteiger partial charge in [-0.15, -0.1) is 0 Å². The third-order valence-corrected chi connectivity index (χ3v) is 2.31. The van der Waals surface area contributed by atoms with Crippen molar-refractivity contribution in [2.45, 2.75) is 6.54 Å². The molecule has 0 aliphatic rings. The van der Waals surface area contributed by atoms with Crippen molar-refractivity contribution in [3.63, 3.8) is 0 Å². The third-order valence-electron chi connectivity index (χ3n) is 1.56. The molecule has 0 aliphatic carbocycles. The summed E-state index contributed by atoms with van der Waals surface area (Å²) in [6.07, 6.45) is 0. The van der Waals surface area contributed by atoms with Crippen LogP contribution in [0.1, 0.15) is 5.56 Å². The molecule has 0 aromatic heterocycles. The minimum absolute atomic E-state index is 0.215. The summed E-state index contributed by atoms with van der Waals surface area (Å²) in [5.74, 6) is -0.173. The van der Waals surface area contributed by atoms with Gasteiger partial charge in [-0.2, -0.15) is 0 Å². The fraction of sp³-hybridized carbons (Fsp3) is 0.250. The van der Waals surface area contributed by atoms with Gasteiger partial charge in [0.25, 0.3) is 0 Å². The van der Waals surface area contributed by atoms with Gasteiger partial charge in [0.1, 0.15) is 0 Å². The Labute approximate surface area is 78.6 Å². The topological polar surface area (TPSA) is 35.2 Å². The predicted molar refractivity (Wildman–Crippen MR) is 48.5 cm³/mol. The van der Waals surface area contributed by atoms with Crippen molar-refractivity contribution in [1.29, 1.82) is 0 Å². The molecular weight excluding hydrogens is 225 g/mol. The van der Waals surface area contributed by atoms with Crippen molar-refractivity contribution in [1.82, 2.24) is 0 Å². The van der Waals surface area contributed by atoms with E-state index in [4.69, 9.17) is 10.5 Å². The van der Waals surface area contributed by atoms with Crippen molar-refractivity contribution < 1.29 is 9.13 Å². The van der Waals surface area contributed by atoms with Crippen molar-refractivity contribution >= 4 is 15.9 Å². The summed E-state index contributed by atoms with van der Waals surface area (Å²) in [6, 6.07) is 2.95. The Hall–Kier alpha value is -0.610. The monoisotopic (exact) mass is 233 g/mol. The molecule has 0 saturated carbocycles.